The van der Waals surface area contributed by atoms with Crippen molar-refractivity contribution >= 4 is 5.70 Å². The molecule has 2 fully saturated rings. The van der Waals surface area contributed by atoms with E-state index in [-0.39, 0.29) is 12.0 Å². The highest BCUT2D eigenvalue weighted by Gasteiger charge is 2.33. The lowest BCUT2D eigenvalue weighted by Crippen LogP contribution is -2.48. The zero-order chi connectivity index (χ0) is 19.6. The van der Waals surface area contributed by atoms with Crippen LogP contribution in [0.15, 0.2) is 23.8 Å². The highest BCUT2D eigenvalue weighted by molar-refractivity contribution is 5.72. The summed E-state index contributed by atoms with van der Waals surface area (Å²) in [6.07, 6.45) is -1.04. The molecule has 3 atom stereocenters. The first kappa shape index (κ1) is 20.2. The Morgan fingerprint density at radius 1 is 1.30 bits per heavy atom. The highest BCUT2D eigenvalue weighted by Crippen LogP contribution is 2.39. The number of nitrogens with one attached hydrogen (secondary N) is 2. The van der Waals surface area contributed by atoms with Gasteiger partial charge in [0.05, 0.1) is 11.6 Å². The summed E-state index contributed by atoms with van der Waals surface area (Å²) < 4.78 is 54.1. The molecule has 1 aliphatic carbocycles. The highest BCUT2D eigenvalue weighted by atomic mass is 19.4. The van der Waals surface area contributed by atoms with Crippen molar-refractivity contribution in [2.45, 2.75) is 70.3 Å². The molecule has 2 N–H and O–H groups in total. The molecule has 0 amide bonds. The summed E-state index contributed by atoms with van der Waals surface area (Å²) in [5.41, 5.74) is 2.94. The molecular weight excluding hydrogens is 356 g/mol. The second-order valence-corrected chi connectivity index (χ2v) is 7.70. The standard InChI is InChI=1S/C21H28F4N2/c1-3-13(2)17-11-15(21(23,24)25)7-8-16(17)20(14-5-4-6-14)27-19-9-10-26-12-18(19)22/h7-8,11,13,18-19,26-27H,3-6,9-10,12H2,1-2H3. The van der Waals surface area contributed by atoms with Crippen LogP contribution in [0.1, 0.15) is 68.6 Å². The second-order valence-electron chi connectivity index (χ2n) is 7.70. The van der Waals surface area contributed by atoms with Gasteiger partial charge in [-0.05, 0) is 67.8 Å². The summed E-state index contributed by atoms with van der Waals surface area (Å²) in [4.78, 5) is 0. The molecule has 0 radical (unpaired) electrons. The smallest absolute Gasteiger partial charge is 0.379 e. The van der Waals surface area contributed by atoms with Crippen LogP contribution in [0.25, 0.3) is 5.70 Å². The normalized spacial score (nSPS) is 24.3. The maximum Gasteiger partial charge on any atom is 0.416 e. The van der Waals surface area contributed by atoms with Gasteiger partial charge in [-0.1, -0.05) is 19.9 Å². The van der Waals surface area contributed by atoms with E-state index in [9.17, 15) is 17.6 Å². The Labute approximate surface area is 158 Å². The van der Waals surface area contributed by atoms with Gasteiger partial charge < -0.3 is 10.6 Å². The lowest BCUT2D eigenvalue weighted by Gasteiger charge is -2.33. The molecule has 150 valence electrons. The second kappa shape index (κ2) is 8.21. The molecule has 27 heavy (non-hydrogen) atoms. The first-order valence-corrected chi connectivity index (χ1v) is 9.86. The lowest BCUT2D eigenvalue weighted by atomic mass is 9.83. The molecule has 2 nitrogen and oxygen atoms in total. The summed E-state index contributed by atoms with van der Waals surface area (Å²) in [5.74, 6) is -0.00558. The molecule has 3 rings (SSSR count). The minimum Gasteiger partial charge on any atom is -0.379 e. The van der Waals surface area contributed by atoms with Gasteiger partial charge in [-0.2, -0.15) is 13.2 Å². The van der Waals surface area contributed by atoms with Gasteiger partial charge in [0.2, 0.25) is 0 Å². The first-order chi connectivity index (χ1) is 12.8. The van der Waals surface area contributed by atoms with Crippen molar-refractivity contribution in [3.8, 4) is 0 Å². The zero-order valence-corrected chi connectivity index (χ0v) is 15.9. The minimum atomic E-state index is -4.36. The Bertz CT molecular complexity index is 690. The van der Waals surface area contributed by atoms with Crippen molar-refractivity contribution in [3.05, 3.63) is 40.5 Å². The van der Waals surface area contributed by atoms with Crippen molar-refractivity contribution < 1.29 is 17.6 Å². The third kappa shape index (κ3) is 4.48. The number of allylic oxidation sites excluding steroid dienone is 1. The maximum atomic E-state index is 14.4. The molecule has 1 aromatic rings. The van der Waals surface area contributed by atoms with Crippen LogP contribution in [0.5, 0.6) is 0 Å². The van der Waals surface area contributed by atoms with E-state index >= 15 is 0 Å². The van der Waals surface area contributed by atoms with Crippen LogP contribution < -0.4 is 10.6 Å². The number of halogens is 4. The number of alkyl halides is 4. The van der Waals surface area contributed by atoms with E-state index in [0.29, 0.717) is 18.5 Å². The third-order valence-corrected chi connectivity index (χ3v) is 5.84. The van der Waals surface area contributed by atoms with Crippen molar-refractivity contribution in [2.24, 2.45) is 0 Å². The monoisotopic (exact) mass is 384 g/mol. The number of rotatable bonds is 5. The van der Waals surface area contributed by atoms with Crippen LogP contribution in [-0.4, -0.2) is 25.3 Å². The average Bonchev–Trinajstić information content (AvgIpc) is 2.59. The van der Waals surface area contributed by atoms with E-state index in [1.165, 1.54) is 11.6 Å². The van der Waals surface area contributed by atoms with E-state index in [1.807, 2.05) is 13.8 Å². The molecule has 1 saturated heterocycles. The van der Waals surface area contributed by atoms with Crippen LogP contribution in [0.3, 0.4) is 0 Å². The summed E-state index contributed by atoms with van der Waals surface area (Å²) >= 11 is 0. The molecule has 0 bridgehead atoms. The third-order valence-electron chi connectivity index (χ3n) is 5.84. The predicted molar refractivity (Wildman–Crippen MR) is 100 cm³/mol. The average molecular weight is 384 g/mol. The summed E-state index contributed by atoms with van der Waals surface area (Å²) in [5, 5.41) is 6.43. The van der Waals surface area contributed by atoms with E-state index < -0.39 is 17.9 Å². The molecular formula is C21H28F4N2. The number of hydrogen-bond acceptors (Lipinski definition) is 2. The van der Waals surface area contributed by atoms with Crippen LogP contribution >= 0.6 is 0 Å². The number of benzene rings is 1. The fourth-order valence-corrected chi connectivity index (χ4v) is 3.74. The van der Waals surface area contributed by atoms with Gasteiger partial charge in [0.15, 0.2) is 0 Å². The van der Waals surface area contributed by atoms with E-state index in [2.05, 4.69) is 10.6 Å². The van der Waals surface area contributed by atoms with E-state index in [1.54, 1.807) is 6.07 Å². The van der Waals surface area contributed by atoms with Gasteiger partial charge in [0.1, 0.15) is 6.17 Å². The van der Waals surface area contributed by atoms with Crippen LogP contribution in [0, 0.1) is 0 Å². The van der Waals surface area contributed by atoms with Crippen molar-refractivity contribution in [1.82, 2.24) is 10.6 Å². The topological polar surface area (TPSA) is 24.1 Å². The van der Waals surface area contributed by atoms with Crippen LogP contribution in [0.2, 0.25) is 0 Å². The molecule has 3 unspecified atom stereocenters. The summed E-state index contributed by atoms with van der Waals surface area (Å²) in [6.45, 7) is 4.98. The molecule has 6 heteroatoms. The molecule has 2 aliphatic rings. The minimum absolute atomic E-state index is 0.00558. The SMILES string of the molecule is CCC(C)c1cc(C(F)(F)F)ccc1C(NC1CCNCC1F)=C1CCC1. The Kier molecular flexibility index (Phi) is 6.14. The molecule has 1 aromatic carbocycles. The van der Waals surface area contributed by atoms with Gasteiger partial charge in [0.25, 0.3) is 0 Å². The molecule has 1 heterocycles. The van der Waals surface area contributed by atoms with Gasteiger partial charge in [-0.25, -0.2) is 4.39 Å². The summed E-state index contributed by atoms with van der Waals surface area (Å²) in [7, 11) is 0. The largest absolute Gasteiger partial charge is 0.416 e. The Morgan fingerprint density at radius 3 is 2.59 bits per heavy atom. The quantitative estimate of drug-likeness (QED) is 0.664. The van der Waals surface area contributed by atoms with Gasteiger partial charge in [-0.3, -0.25) is 0 Å². The molecule has 0 spiro atoms. The molecule has 1 saturated carbocycles. The van der Waals surface area contributed by atoms with Gasteiger partial charge in [0, 0.05) is 17.8 Å². The maximum absolute atomic E-state index is 14.4. The van der Waals surface area contributed by atoms with E-state index in [0.717, 1.165) is 49.6 Å². The van der Waals surface area contributed by atoms with Crippen molar-refractivity contribution in [1.29, 1.82) is 0 Å². The van der Waals surface area contributed by atoms with Crippen molar-refractivity contribution in [2.75, 3.05) is 13.1 Å². The van der Waals surface area contributed by atoms with Crippen LogP contribution in [-0.2, 0) is 6.18 Å². The van der Waals surface area contributed by atoms with Crippen LogP contribution in [0.4, 0.5) is 17.6 Å². The van der Waals surface area contributed by atoms with Gasteiger partial charge in [-0.15, -0.1) is 0 Å². The number of hydrogen-bond donors (Lipinski definition) is 2. The lowest BCUT2D eigenvalue weighted by molar-refractivity contribution is -0.137. The fourth-order valence-electron chi connectivity index (χ4n) is 3.74. The Hall–Kier alpha value is -1.56. The first-order valence-electron chi connectivity index (χ1n) is 9.86. The summed E-state index contributed by atoms with van der Waals surface area (Å²) in [6, 6.07) is 3.70. The zero-order valence-electron chi connectivity index (χ0n) is 15.9. The Morgan fingerprint density at radius 2 is 2.04 bits per heavy atom. The Balaban J connectivity index is 2.01. The predicted octanol–water partition coefficient (Wildman–Crippen LogP) is 5.40. The molecule has 1 aliphatic heterocycles. The van der Waals surface area contributed by atoms with Gasteiger partial charge >= 0.3 is 6.18 Å². The van der Waals surface area contributed by atoms with E-state index in [4.69, 9.17) is 0 Å². The fraction of sp³-hybridized carbons (Fsp3) is 0.619. The number of piperidine rings is 1. The molecule has 0 aromatic heterocycles. The van der Waals surface area contributed by atoms with Crippen molar-refractivity contribution in [3.63, 3.8) is 0 Å².